The maximum absolute atomic E-state index is 12.5. The molecule has 0 radical (unpaired) electrons. The Labute approximate surface area is 139 Å². The summed E-state index contributed by atoms with van der Waals surface area (Å²) in [7, 11) is 1.75. The molecule has 0 aliphatic carbocycles. The predicted molar refractivity (Wildman–Crippen MR) is 86.4 cm³/mol. The summed E-state index contributed by atoms with van der Waals surface area (Å²) in [4.78, 5) is 22.8. The lowest BCUT2D eigenvalue weighted by Crippen LogP contribution is -2.28. The van der Waals surface area contributed by atoms with Crippen LogP contribution in [-0.2, 0) is 17.8 Å². The Morgan fingerprint density at radius 2 is 2.00 bits per heavy atom. The van der Waals surface area contributed by atoms with E-state index in [1.807, 2.05) is 33.8 Å². The number of hydrogen-bond donors (Lipinski definition) is 0. The van der Waals surface area contributed by atoms with E-state index >= 15 is 0 Å². The van der Waals surface area contributed by atoms with Crippen LogP contribution in [-0.4, -0.2) is 42.6 Å². The maximum atomic E-state index is 12.5. The number of hydrogen-bond acceptors (Lipinski definition) is 6. The molecular weight excluding hydrogens is 308 g/mol. The van der Waals surface area contributed by atoms with Crippen LogP contribution in [0.2, 0.25) is 0 Å². The van der Waals surface area contributed by atoms with Crippen molar-refractivity contribution in [1.82, 2.24) is 29.6 Å². The third-order valence-electron chi connectivity index (χ3n) is 3.97. The summed E-state index contributed by atoms with van der Waals surface area (Å²) >= 11 is 0. The Kier molecular flexibility index (Phi) is 4.04. The van der Waals surface area contributed by atoms with Crippen molar-refractivity contribution in [3.63, 3.8) is 0 Å². The van der Waals surface area contributed by atoms with Crippen LogP contribution in [0, 0.1) is 27.7 Å². The largest absolute Gasteiger partial charge is 0.361 e. The van der Waals surface area contributed by atoms with Gasteiger partial charge in [-0.3, -0.25) is 4.79 Å². The molecule has 0 saturated heterocycles. The highest BCUT2D eigenvalue weighted by molar-refractivity contribution is 5.77. The van der Waals surface area contributed by atoms with Crippen LogP contribution in [0.4, 0.5) is 0 Å². The van der Waals surface area contributed by atoms with E-state index in [1.54, 1.807) is 16.5 Å². The Morgan fingerprint density at radius 1 is 1.25 bits per heavy atom. The molecule has 1 amide bonds. The quantitative estimate of drug-likeness (QED) is 0.722. The van der Waals surface area contributed by atoms with E-state index in [1.165, 1.54) is 0 Å². The minimum absolute atomic E-state index is 0.0692. The van der Waals surface area contributed by atoms with Crippen LogP contribution in [0.5, 0.6) is 0 Å². The van der Waals surface area contributed by atoms with E-state index in [4.69, 9.17) is 4.52 Å². The van der Waals surface area contributed by atoms with Gasteiger partial charge < -0.3 is 9.42 Å². The number of nitrogens with zero attached hydrogens (tertiary/aromatic N) is 6. The lowest BCUT2D eigenvalue weighted by Gasteiger charge is -2.16. The van der Waals surface area contributed by atoms with Gasteiger partial charge in [-0.1, -0.05) is 5.16 Å². The third-order valence-corrected chi connectivity index (χ3v) is 3.97. The van der Waals surface area contributed by atoms with Crippen molar-refractivity contribution < 1.29 is 9.32 Å². The second kappa shape index (κ2) is 6.03. The minimum atomic E-state index is -0.0692. The first-order chi connectivity index (χ1) is 11.3. The number of amides is 1. The summed E-state index contributed by atoms with van der Waals surface area (Å²) in [6.45, 7) is 8.00. The van der Waals surface area contributed by atoms with E-state index < -0.39 is 0 Å². The number of rotatable bonds is 4. The summed E-state index contributed by atoms with van der Waals surface area (Å²) in [5.41, 5.74) is 3.55. The average Bonchev–Trinajstić information content (AvgIpc) is 3.04. The zero-order chi connectivity index (χ0) is 17.4. The SMILES string of the molecule is Cc1cc(C)n2nc(CC(=O)N(C)Cc3c(C)noc3C)nc2n1. The molecule has 3 aromatic heterocycles. The number of aromatic nitrogens is 5. The molecule has 0 atom stereocenters. The van der Waals surface area contributed by atoms with Gasteiger partial charge in [0, 0.05) is 24.0 Å². The molecule has 0 unspecified atom stereocenters. The fourth-order valence-electron chi connectivity index (χ4n) is 2.61. The molecule has 0 aromatic carbocycles. The van der Waals surface area contributed by atoms with E-state index in [-0.39, 0.29) is 12.3 Å². The first-order valence-corrected chi connectivity index (χ1v) is 7.70. The Morgan fingerprint density at radius 3 is 2.67 bits per heavy atom. The first-order valence-electron chi connectivity index (χ1n) is 7.70. The summed E-state index contributed by atoms with van der Waals surface area (Å²) in [5, 5.41) is 8.28. The molecule has 0 fully saturated rings. The number of carbonyl (C=O) groups is 1. The number of aryl methyl sites for hydroxylation is 4. The van der Waals surface area contributed by atoms with Crippen molar-refractivity contribution in [2.75, 3.05) is 7.05 Å². The van der Waals surface area contributed by atoms with E-state index in [0.717, 1.165) is 28.4 Å². The van der Waals surface area contributed by atoms with Crippen molar-refractivity contribution in [1.29, 1.82) is 0 Å². The van der Waals surface area contributed by atoms with Crippen LogP contribution in [0.15, 0.2) is 10.6 Å². The highest BCUT2D eigenvalue weighted by Gasteiger charge is 2.18. The molecule has 0 N–H and O–H groups in total. The average molecular weight is 328 g/mol. The normalized spacial score (nSPS) is 11.2. The van der Waals surface area contributed by atoms with Crippen molar-refractivity contribution in [3.05, 3.63) is 40.3 Å². The lowest BCUT2D eigenvalue weighted by molar-refractivity contribution is -0.129. The lowest BCUT2D eigenvalue weighted by atomic mass is 10.2. The van der Waals surface area contributed by atoms with Crippen LogP contribution >= 0.6 is 0 Å². The standard InChI is InChI=1S/C16H20N6O2/c1-9-6-10(2)22-16(17-9)18-14(19-22)7-15(23)21(5)8-13-11(3)20-24-12(13)4/h6H,7-8H2,1-5H3. The molecule has 0 aliphatic rings. The van der Waals surface area contributed by atoms with Crippen LogP contribution in [0.25, 0.3) is 5.78 Å². The molecule has 8 heteroatoms. The maximum Gasteiger partial charge on any atom is 0.252 e. The first kappa shape index (κ1) is 16.1. The van der Waals surface area contributed by atoms with E-state index in [9.17, 15) is 4.79 Å². The summed E-state index contributed by atoms with van der Waals surface area (Å²) < 4.78 is 6.79. The Hall–Kier alpha value is -2.77. The molecule has 3 rings (SSSR count). The molecule has 8 nitrogen and oxygen atoms in total. The topological polar surface area (TPSA) is 89.4 Å². The van der Waals surface area contributed by atoms with Gasteiger partial charge in [0.1, 0.15) is 5.76 Å². The highest BCUT2D eigenvalue weighted by atomic mass is 16.5. The molecule has 0 aliphatic heterocycles. The Balaban J connectivity index is 1.76. The van der Waals surface area contributed by atoms with Crippen molar-refractivity contribution in [2.24, 2.45) is 0 Å². The van der Waals surface area contributed by atoms with Gasteiger partial charge in [0.05, 0.1) is 18.7 Å². The zero-order valence-corrected chi connectivity index (χ0v) is 14.5. The van der Waals surface area contributed by atoms with Crippen molar-refractivity contribution in [3.8, 4) is 0 Å². The van der Waals surface area contributed by atoms with Gasteiger partial charge in [0.25, 0.3) is 5.78 Å². The van der Waals surface area contributed by atoms with Crippen molar-refractivity contribution >= 4 is 11.7 Å². The highest BCUT2D eigenvalue weighted by Crippen LogP contribution is 2.15. The van der Waals surface area contributed by atoms with Crippen LogP contribution in [0.3, 0.4) is 0 Å². The summed E-state index contributed by atoms with van der Waals surface area (Å²) in [6.07, 6.45) is 0.127. The zero-order valence-electron chi connectivity index (χ0n) is 14.5. The van der Waals surface area contributed by atoms with Crippen LogP contribution in [0.1, 0.15) is 34.2 Å². The Bertz CT molecular complexity index is 891. The van der Waals surface area contributed by atoms with Crippen molar-refractivity contribution in [2.45, 2.75) is 40.7 Å². The van der Waals surface area contributed by atoms with Gasteiger partial charge in [-0.25, -0.2) is 9.50 Å². The molecule has 3 aromatic rings. The molecular formula is C16H20N6O2. The van der Waals surface area contributed by atoms with Crippen LogP contribution < -0.4 is 0 Å². The second-order valence-corrected chi connectivity index (χ2v) is 6.01. The van der Waals surface area contributed by atoms with Gasteiger partial charge >= 0.3 is 0 Å². The number of carbonyl (C=O) groups excluding carboxylic acids is 1. The van der Waals surface area contributed by atoms with Gasteiger partial charge in [-0.15, -0.1) is 5.10 Å². The monoisotopic (exact) mass is 328 g/mol. The molecule has 0 spiro atoms. The van der Waals surface area contributed by atoms with Gasteiger partial charge in [-0.05, 0) is 33.8 Å². The smallest absolute Gasteiger partial charge is 0.252 e. The van der Waals surface area contributed by atoms with E-state index in [2.05, 4.69) is 20.2 Å². The second-order valence-electron chi connectivity index (χ2n) is 6.01. The molecule has 24 heavy (non-hydrogen) atoms. The summed E-state index contributed by atoms with van der Waals surface area (Å²) in [6, 6.07) is 1.93. The minimum Gasteiger partial charge on any atom is -0.361 e. The fourth-order valence-corrected chi connectivity index (χ4v) is 2.61. The predicted octanol–water partition coefficient (Wildman–Crippen LogP) is 1.55. The molecule has 3 heterocycles. The van der Waals surface area contributed by atoms with E-state index in [0.29, 0.717) is 18.1 Å². The molecule has 0 bridgehead atoms. The van der Waals surface area contributed by atoms with Gasteiger partial charge in [-0.2, -0.15) is 4.98 Å². The number of fused-ring (bicyclic) bond motifs is 1. The summed E-state index contributed by atoms with van der Waals surface area (Å²) in [5.74, 6) is 1.64. The van der Waals surface area contributed by atoms with Gasteiger partial charge in [0.2, 0.25) is 5.91 Å². The third kappa shape index (κ3) is 2.99. The van der Waals surface area contributed by atoms with Gasteiger partial charge in [0.15, 0.2) is 5.82 Å². The fraction of sp³-hybridized carbons (Fsp3) is 0.438. The number of likely N-dealkylation sites (N-methyl/N-ethyl adjacent to an activating group) is 1. The molecule has 0 saturated carbocycles. The molecule has 126 valence electrons.